The van der Waals surface area contributed by atoms with E-state index in [1.54, 1.807) is 0 Å². The molecule has 0 bridgehead atoms. The van der Waals surface area contributed by atoms with Gasteiger partial charge in [-0.25, -0.2) is 0 Å². The monoisotopic (exact) mass is 199 g/mol. The summed E-state index contributed by atoms with van der Waals surface area (Å²) in [5, 5.41) is 0. The second-order valence-electron chi connectivity index (χ2n) is 4.29. The van der Waals surface area contributed by atoms with Crippen molar-refractivity contribution in [1.29, 1.82) is 0 Å². The van der Waals surface area contributed by atoms with Crippen molar-refractivity contribution in [3.63, 3.8) is 0 Å². The molecule has 0 spiro atoms. The molecular formula is C9H13NO2S. The topological polar surface area (TPSA) is 60.2 Å². The van der Waals surface area contributed by atoms with Gasteiger partial charge in [0, 0.05) is 12.8 Å². The first kappa shape index (κ1) is 10.3. The van der Waals surface area contributed by atoms with Crippen LogP contribution in [0.3, 0.4) is 0 Å². The Bertz CT molecular complexity index is 263. The lowest BCUT2D eigenvalue weighted by molar-refractivity contribution is -0.136. The maximum Gasteiger partial charge on any atom is 0.150 e. The Hall–Kier alpha value is -0.770. The summed E-state index contributed by atoms with van der Waals surface area (Å²) in [5.74, 6) is -1.08. The van der Waals surface area contributed by atoms with E-state index in [9.17, 15) is 9.59 Å². The molecule has 1 aliphatic rings. The highest BCUT2D eigenvalue weighted by molar-refractivity contribution is 7.80. The number of carbonyl (C=O) groups excluding carboxylic acids is 2. The fraction of sp³-hybridized carbons (Fsp3) is 0.667. The molecule has 0 saturated heterocycles. The predicted molar refractivity (Wildman–Crippen MR) is 53.3 cm³/mol. The molecule has 1 rings (SSSR count). The van der Waals surface area contributed by atoms with Crippen molar-refractivity contribution in [2.75, 3.05) is 0 Å². The minimum atomic E-state index is -0.817. The van der Waals surface area contributed by atoms with Crippen molar-refractivity contribution >= 4 is 28.8 Å². The lowest BCUT2D eigenvalue weighted by Gasteiger charge is -2.31. The second kappa shape index (κ2) is 3.18. The van der Waals surface area contributed by atoms with Gasteiger partial charge in [0.15, 0.2) is 11.6 Å². The molecule has 13 heavy (non-hydrogen) atoms. The zero-order chi connectivity index (χ0) is 10.2. The van der Waals surface area contributed by atoms with Crippen LogP contribution in [0.2, 0.25) is 0 Å². The van der Waals surface area contributed by atoms with Gasteiger partial charge in [-0.1, -0.05) is 26.1 Å². The molecule has 0 aliphatic heterocycles. The molecule has 0 aromatic heterocycles. The molecular weight excluding hydrogens is 186 g/mol. The normalized spacial score (nSPS) is 23.2. The van der Waals surface area contributed by atoms with Crippen LogP contribution in [-0.2, 0) is 9.59 Å². The quantitative estimate of drug-likeness (QED) is 0.502. The highest BCUT2D eigenvalue weighted by Crippen LogP contribution is 2.33. The number of Topliss-reactive ketones (excluding diaryl/α,β-unsaturated/α-hetero) is 2. The van der Waals surface area contributed by atoms with Gasteiger partial charge in [0.1, 0.15) is 5.92 Å². The van der Waals surface area contributed by atoms with Crippen molar-refractivity contribution < 1.29 is 9.59 Å². The van der Waals surface area contributed by atoms with Gasteiger partial charge < -0.3 is 5.73 Å². The predicted octanol–water partition coefficient (Wildman–Crippen LogP) is 0.847. The van der Waals surface area contributed by atoms with Crippen LogP contribution in [0.4, 0.5) is 0 Å². The van der Waals surface area contributed by atoms with E-state index in [0.717, 1.165) is 0 Å². The molecule has 0 heterocycles. The number of ketones is 2. The van der Waals surface area contributed by atoms with E-state index in [0.29, 0.717) is 12.8 Å². The Morgan fingerprint density at radius 3 is 2.08 bits per heavy atom. The molecule has 0 amide bonds. The van der Waals surface area contributed by atoms with Gasteiger partial charge in [-0.2, -0.15) is 0 Å². The molecule has 0 aromatic rings. The van der Waals surface area contributed by atoms with Crippen LogP contribution < -0.4 is 5.73 Å². The maximum atomic E-state index is 11.5. The summed E-state index contributed by atoms with van der Waals surface area (Å²) in [5.41, 5.74) is 5.10. The third kappa shape index (κ3) is 2.12. The first-order valence-corrected chi connectivity index (χ1v) is 4.59. The Kier molecular flexibility index (Phi) is 2.52. The minimum absolute atomic E-state index is 0.0190. The average Bonchev–Trinajstić information content (AvgIpc) is 1.78. The van der Waals surface area contributed by atoms with Crippen LogP contribution in [0.25, 0.3) is 0 Å². The van der Waals surface area contributed by atoms with Crippen molar-refractivity contribution in [2.45, 2.75) is 26.7 Å². The number of hydrogen-bond acceptors (Lipinski definition) is 3. The Morgan fingerprint density at radius 1 is 1.38 bits per heavy atom. The van der Waals surface area contributed by atoms with E-state index in [4.69, 9.17) is 5.73 Å². The van der Waals surface area contributed by atoms with Gasteiger partial charge in [-0.05, 0) is 5.41 Å². The van der Waals surface area contributed by atoms with Crippen molar-refractivity contribution in [3.05, 3.63) is 0 Å². The van der Waals surface area contributed by atoms with E-state index in [1.807, 2.05) is 13.8 Å². The van der Waals surface area contributed by atoms with Crippen LogP contribution in [-0.4, -0.2) is 16.6 Å². The number of thiocarbonyl (C=S) groups is 1. The molecule has 0 aromatic carbocycles. The van der Waals surface area contributed by atoms with Gasteiger partial charge in [0.25, 0.3) is 0 Å². The first-order chi connectivity index (χ1) is 5.83. The first-order valence-electron chi connectivity index (χ1n) is 4.18. The van der Waals surface area contributed by atoms with E-state index < -0.39 is 5.92 Å². The summed E-state index contributed by atoms with van der Waals surface area (Å²) >= 11 is 4.68. The van der Waals surface area contributed by atoms with Crippen LogP contribution in [0.5, 0.6) is 0 Å². The largest absolute Gasteiger partial charge is 0.392 e. The SMILES string of the molecule is CC1(C)CC(=O)C(C(N)=S)C(=O)C1. The van der Waals surface area contributed by atoms with Crippen molar-refractivity contribution in [3.8, 4) is 0 Å². The molecule has 1 aliphatic carbocycles. The van der Waals surface area contributed by atoms with Gasteiger partial charge in [0.05, 0.1) is 4.99 Å². The van der Waals surface area contributed by atoms with Crippen LogP contribution in [0, 0.1) is 11.3 Å². The van der Waals surface area contributed by atoms with Gasteiger partial charge >= 0.3 is 0 Å². The average molecular weight is 199 g/mol. The third-order valence-corrected chi connectivity index (χ3v) is 2.47. The third-order valence-electron chi connectivity index (χ3n) is 2.23. The van der Waals surface area contributed by atoms with Crippen molar-refractivity contribution in [1.82, 2.24) is 0 Å². The molecule has 0 atom stereocenters. The standard InChI is InChI=1S/C9H13NO2S/c1-9(2)3-5(11)7(8(10)13)6(12)4-9/h7H,3-4H2,1-2H3,(H2,10,13). The highest BCUT2D eigenvalue weighted by Gasteiger charge is 2.40. The van der Waals surface area contributed by atoms with E-state index >= 15 is 0 Å². The number of nitrogens with two attached hydrogens (primary N) is 1. The zero-order valence-electron chi connectivity index (χ0n) is 7.79. The summed E-state index contributed by atoms with van der Waals surface area (Å²) in [6.07, 6.45) is 0.779. The van der Waals surface area contributed by atoms with Crippen LogP contribution >= 0.6 is 12.2 Å². The van der Waals surface area contributed by atoms with Crippen molar-refractivity contribution in [2.24, 2.45) is 17.1 Å². The highest BCUT2D eigenvalue weighted by atomic mass is 32.1. The van der Waals surface area contributed by atoms with E-state index in [2.05, 4.69) is 12.2 Å². The summed E-state index contributed by atoms with van der Waals surface area (Å²) in [4.78, 5) is 23.0. The van der Waals surface area contributed by atoms with Gasteiger partial charge in [0.2, 0.25) is 0 Å². The molecule has 2 N–H and O–H groups in total. The molecule has 0 unspecified atom stereocenters. The van der Waals surface area contributed by atoms with E-state index in [1.165, 1.54) is 0 Å². The number of hydrogen-bond donors (Lipinski definition) is 1. The zero-order valence-corrected chi connectivity index (χ0v) is 8.61. The lowest BCUT2D eigenvalue weighted by Crippen LogP contribution is -2.43. The molecule has 3 nitrogen and oxygen atoms in total. The summed E-state index contributed by atoms with van der Waals surface area (Å²) in [6.45, 7) is 3.80. The van der Waals surface area contributed by atoms with Crippen LogP contribution in [0.15, 0.2) is 0 Å². The number of rotatable bonds is 1. The van der Waals surface area contributed by atoms with Gasteiger partial charge in [-0.3, -0.25) is 9.59 Å². The molecule has 4 heteroatoms. The van der Waals surface area contributed by atoms with Gasteiger partial charge in [-0.15, -0.1) is 0 Å². The fourth-order valence-corrected chi connectivity index (χ4v) is 1.97. The Labute approximate surface area is 82.7 Å². The Balaban J connectivity index is 2.89. The summed E-state index contributed by atoms with van der Waals surface area (Å²) in [6, 6.07) is 0. The summed E-state index contributed by atoms with van der Waals surface area (Å²) in [7, 11) is 0. The number of carbonyl (C=O) groups is 2. The van der Waals surface area contributed by atoms with Crippen LogP contribution in [0.1, 0.15) is 26.7 Å². The lowest BCUT2D eigenvalue weighted by atomic mass is 9.71. The molecule has 1 fully saturated rings. The second-order valence-corrected chi connectivity index (χ2v) is 4.76. The van der Waals surface area contributed by atoms with E-state index in [-0.39, 0.29) is 22.0 Å². The maximum absolute atomic E-state index is 11.5. The Morgan fingerprint density at radius 2 is 1.77 bits per heavy atom. The molecule has 72 valence electrons. The molecule has 0 radical (unpaired) electrons. The molecule has 1 saturated carbocycles. The smallest absolute Gasteiger partial charge is 0.150 e. The summed E-state index contributed by atoms with van der Waals surface area (Å²) < 4.78 is 0. The fourth-order valence-electron chi connectivity index (χ4n) is 1.71. The minimum Gasteiger partial charge on any atom is -0.392 e.